The maximum absolute atomic E-state index is 13.4. The molecule has 0 saturated carbocycles. The first-order chi connectivity index (χ1) is 14.6. The Morgan fingerprint density at radius 2 is 1.65 bits per heavy atom. The SMILES string of the molecule is CC(C)c1ccc(C(C)NC(=O)C2CCN(S(=O)(=O)c3ccc(F)c(Cl)c3)CC2)cc1. The lowest BCUT2D eigenvalue weighted by Crippen LogP contribution is -2.43. The maximum atomic E-state index is 13.4. The monoisotopic (exact) mass is 466 g/mol. The average Bonchev–Trinajstić information content (AvgIpc) is 2.75. The van der Waals surface area contributed by atoms with E-state index in [2.05, 4.69) is 31.3 Å². The molecule has 1 aliphatic rings. The van der Waals surface area contributed by atoms with Crippen molar-refractivity contribution in [1.82, 2.24) is 9.62 Å². The Balaban J connectivity index is 1.58. The lowest BCUT2D eigenvalue weighted by Gasteiger charge is -2.31. The minimum atomic E-state index is -3.78. The first kappa shape index (κ1) is 23.7. The van der Waals surface area contributed by atoms with Crippen LogP contribution in [0.5, 0.6) is 0 Å². The fourth-order valence-electron chi connectivity index (χ4n) is 3.73. The Bertz CT molecular complexity index is 1030. The van der Waals surface area contributed by atoms with Crippen LogP contribution >= 0.6 is 11.6 Å². The summed E-state index contributed by atoms with van der Waals surface area (Å²) in [5.74, 6) is -0.529. The van der Waals surface area contributed by atoms with Crippen molar-refractivity contribution in [2.24, 2.45) is 5.92 Å². The van der Waals surface area contributed by atoms with Gasteiger partial charge in [-0.15, -0.1) is 0 Å². The number of carbonyl (C=O) groups excluding carboxylic acids is 1. The molecule has 1 heterocycles. The molecule has 1 unspecified atom stereocenters. The Morgan fingerprint density at radius 1 is 1.06 bits per heavy atom. The van der Waals surface area contributed by atoms with Crippen LogP contribution in [-0.4, -0.2) is 31.7 Å². The van der Waals surface area contributed by atoms with Gasteiger partial charge in [0.25, 0.3) is 0 Å². The number of carbonyl (C=O) groups is 1. The second kappa shape index (κ2) is 9.67. The molecule has 1 aliphatic heterocycles. The quantitative estimate of drug-likeness (QED) is 0.659. The topological polar surface area (TPSA) is 66.5 Å². The van der Waals surface area contributed by atoms with Crippen molar-refractivity contribution in [1.29, 1.82) is 0 Å². The largest absolute Gasteiger partial charge is 0.349 e. The first-order valence-electron chi connectivity index (χ1n) is 10.4. The molecular formula is C23H28ClFN2O3S. The summed E-state index contributed by atoms with van der Waals surface area (Å²) in [6, 6.07) is 11.5. The van der Waals surface area contributed by atoms with E-state index < -0.39 is 15.8 Å². The first-order valence-corrected chi connectivity index (χ1v) is 12.3. The van der Waals surface area contributed by atoms with E-state index >= 15 is 0 Å². The number of piperidine rings is 1. The van der Waals surface area contributed by atoms with Crippen molar-refractivity contribution in [2.75, 3.05) is 13.1 Å². The molecule has 2 aromatic rings. The zero-order valence-electron chi connectivity index (χ0n) is 17.9. The van der Waals surface area contributed by atoms with E-state index in [1.165, 1.54) is 15.9 Å². The summed E-state index contributed by atoms with van der Waals surface area (Å²) in [7, 11) is -3.78. The van der Waals surface area contributed by atoms with Crippen LogP contribution in [0.1, 0.15) is 56.7 Å². The van der Waals surface area contributed by atoms with Crippen molar-refractivity contribution in [3.05, 3.63) is 64.4 Å². The molecule has 0 radical (unpaired) electrons. The van der Waals surface area contributed by atoms with Crippen LogP contribution < -0.4 is 5.32 Å². The number of amides is 1. The van der Waals surface area contributed by atoms with Crippen LogP contribution in [0, 0.1) is 11.7 Å². The summed E-state index contributed by atoms with van der Waals surface area (Å²) in [5, 5.41) is 2.82. The normalized spacial score (nSPS) is 17.0. The van der Waals surface area contributed by atoms with E-state index in [9.17, 15) is 17.6 Å². The molecular weight excluding hydrogens is 439 g/mol. The van der Waals surface area contributed by atoms with Crippen molar-refractivity contribution >= 4 is 27.5 Å². The van der Waals surface area contributed by atoms with Gasteiger partial charge in [-0.25, -0.2) is 12.8 Å². The number of benzene rings is 2. The van der Waals surface area contributed by atoms with Gasteiger partial charge in [-0.3, -0.25) is 4.79 Å². The van der Waals surface area contributed by atoms with E-state index in [0.29, 0.717) is 18.8 Å². The van der Waals surface area contributed by atoms with Crippen LogP contribution in [0.3, 0.4) is 0 Å². The molecule has 31 heavy (non-hydrogen) atoms. The van der Waals surface area contributed by atoms with Gasteiger partial charge in [0.2, 0.25) is 15.9 Å². The van der Waals surface area contributed by atoms with Gasteiger partial charge in [0.05, 0.1) is 16.0 Å². The summed E-state index contributed by atoms with van der Waals surface area (Å²) in [5.41, 5.74) is 2.28. The number of nitrogens with zero attached hydrogens (tertiary/aromatic N) is 1. The smallest absolute Gasteiger partial charge is 0.243 e. The van der Waals surface area contributed by atoms with Gasteiger partial charge in [-0.05, 0) is 55.0 Å². The standard InChI is InChI=1S/C23H28ClFN2O3S/c1-15(2)17-4-6-18(7-5-17)16(3)26-23(28)19-10-12-27(13-11-19)31(29,30)20-8-9-22(25)21(24)14-20/h4-9,14-16,19H,10-13H2,1-3H3,(H,26,28). The highest BCUT2D eigenvalue weighted by atomic mass is 35.5. The molecule has 168 valence electrons. The highest BCUT2D eigenvalue weighted by molar-refractivity contribution is 7.89. The molecule has 3 rings (SSSR count). The number of nitrogens with one attached hydrogen (secondary N) is 1. The summed E-state index contributed by atoms with van der Waals surface area (Å²) < 4.78 is 40.3. The van der Waals surface area contributed by atoms with Crippen molar-refractivity contribution < 1.29 is 17.6 Å². The zero-order valence-corrected chi connectivity index (χ0v) is 19.5. The maximum Gasteiger partial charge on any atom is 0.243 e. The number of halogens is 2. The van der Waals surface area contributed by atoms with Gasteiger partial charge in [0.1, 0.15) is 5.82 Å². The van der Waals surface area contributed by atoms with Crippen molar-refractivity contribution in [2.45, 2.75) is 50.5 Å². The van der Waals surface area contributed by atoms with E-state index in [0.717, 1.165) is 17.7 Å². The predicted molar refractivity (Wildman–Crippen MR) is 120 cm³/mol. The van der Waals surface area contributed by atoms with Gasteiger partial charge >= 0.3 is 0 Å². The molecule has 0 aliphatic carbocycles. The molecule has 1 amide bonds. The lowest BCUT2D eigenvalue weighted by molar-refractivity contribution is -0.126. The highest BCUT2D eigenvalue weighted by Gasteiger charge is 2.32. The summed E-state index contributed by atoms with van der Waals surface area (Å²) >= 11 is 5.74. The molecule has 0 bridgehead atoms. The van der Waals surface area contributed by atoms with Gasteiger partial charge in [-0.2, -0.15) is 4.31 Å². The van der Waals surface area contributed by atoms with Crippen molar-refractivity contribution in [3.63, 3.8) is 0 Å². The third kappa shape index (κ3) is 5.45. The second-order valence-corrected chi connectivity index (χ2v) is 10.7. The number of hydrogen-bond acceptors (Lipinski definition) is 3. The summed E-state index contributed by atoms with van der Waals surface area (Å²) in [6.45, 7) is 6.68. The Morgan fingerprint density at radius 3 is 2.19 bits per heavy atom. The minimum Gasteiger partial charge on any atom is -0.349 e. The fraction of sp³-hybridized carbons (Fsp3) is 0.435. The highest BCUT2D eigenvalue weighted by Crippen LogP contribution is 2.27. The lowest BCUT2D eigenvalue weighted by atomic mass is 9.96. The van der Waals surface area contributed by atoms with Gasteiger partial charge in [-0.1, -0.05) is 49.7 Å². The number of rotatable bonds is 6. The van der Waals surface area contributed by atoms with E-state index in [4.69, 9.17) is 11.6 Å². The molecule has 1 saturated heterocycles. The molecule has 2 aromatic carbocycles. The Labute approximate surface area is 188 Å². The Hall–Kier alpha value is -1.96. The molecule has 1 N–H and O–H groups in total. The van der Waals surface area contributed by atoms with Gasteiger partial charge < -0.3 is 5.32 Å². The number of sulfonamides is 1. The minimum absolute atomic E-state index is 0.0414. The van der Waals surface area contributed by atoms with E-state index in [1.807, 2.05) is 19.1 Å². The molecule has 1 fully saturated rings. The fourth-order valence-corrected chi connectivity index (χ4v) is 5.47. The molecule has 1 atom stereocenters. The molecule has 5 nitrogen and oxygen atoms in total. The average molecular weight is 467 g/mol. The Kier molecular flexibility index (Phi) is 7.39. The van der Waals surface area contributed by atoms with Crippen LogP contribution in [0.4, 0.5) is 4.39 Å². The second-order valence-electron chi connectivity index (χ2n) is 8.31. The van der Waals surface area contributed by atoms with Gasteiger partial charge in [0.15, 0.2) is 0 Å². The zero-order chi connectivity index (χ0) is 22.8. The van der Waals surface area contributed by atoms with E-state index in [1.54, 1.807) is 0 Å². The van der Waals surface area contributed by atoms with Crippen LogP contribution in [0.25, 0.3) is 0 Å². The van der Waals surface area contributed by atoms with E-state index in [-0.39, 0.29) is 40.9 Å². The summed E-state index contributed by atoms with van der Waals surface area (Å²) in [6.07, 6.45) is 0.859. The van der Waals surface area contributed by atoms with Crippen LogP contribution in [0.2, 0.25) is 5.02 Å². The third-order valence-electron chi connectivity index (χ3n) is 5.82. The number of hydrogen-bond donors (Lipinski definition) is 1. The van der Waals surface area contributed by atoms with Crippen LogP contribution in [0.15, 0.2) is 47.4 Å². The molecule has 8 heteroatoms. The van der Waals surface area contributed by atoms with Crippen molar-refractivity contribution in [3.8, 4) is 0 Å². The van der Waals surface area contributed by atoms with Gasteiger partial charge in [0, 0.05) is 19.0 Å². The molecule has 0 spiro atoms. The predicted octanol–water partition coefficient (Wildman–Crippen LogP) is 4.88. The summed E-state index contributed by atoms with van der Waals surface area (Å²) in [4.78, 5) is 12.7. The molecule has 0 aromatic heterocycles. The van der Waals surface area contributed by atoms with Crippen LogP contribution in [-0.2, 0) is 14.8 Å². The third-order valence-corrected chi connectivity index (χ3v) is 8.00.